The predicted molar refractivity (Wildman–Crippen MR) is 140 cm³/mol. The zero-order valence-corrected chi connectivity index (χ0v) is 20.9. The number of aryl methyl sites for hydroxylation is 1. The predicted octanol–water partition coefficient (Wildman–Crippen LogP) is 3.93. The zero-order chi connectivity index (χ0) is 26.0. The average Bonchev–Trinajstić information content (AvgIpc) is 3.58. The Kier molecular flexibility index (Phi) is 6.56. The number of fused-ring (bicyclic) bond motifs is 1. The Morgan fingerprint density at radius 2 is 1.59 bits per heavy atom. The van der Waals surface area contributed by atoms with Crippen molar-refractivity contribution in [2.45, 2.75) is 32.1 Å². The normalized spacial score (nSPS) is 14.5. The molecule has 37 heavy (non-hydrogen) atoms. The van der Waals surface area contributed by atoms with Gasteiger partial charge in [0.25, 0.3) is 5.91 Å². The number of anilines is 1. The first-order valence-electron chi connectivity index (χ1n) is 12.3. The van der Waals surface area contributed by atoms with Crippen LogP contribution in [0.2, 0.25) is 0 Å². The molecule has 0 unspecified atom stereocenters. The molecule has 3 N–H and O–H groups in total. The maximum Gasteiger partial charge on any atom is 0.251 e. The van der Waals surface area contributed by atoms with Crippen molar-refractivity contribution in [2.24, 2.45) is 0 Å². The molecular weight excluding hydrogens is 470 g/mol. The molecule has 0 spiro atoms. The van der Waals surface area contributed by atoms with Crippen LogP contribution in [0.3, 0.4) is 0 Å². The summed E-state index contributed by atoms with van der Waals surface area (Å²) in [4.78, 5) is 36.7. The lowest BCUT2D eigenvalue weighted by atomic mass is 9.94. The molecule has 0 atom stereocenters. The minimum absolute atomic E-state index is 0.0348. The van der Waals surface area contributed by atoms with Gasteiger partial charge < -0.3 is 25.4 Å². The van der Waals surface area contributed by atoms with Gasteiger partial charge in [-0.25, -0.2) is 0 Å². The van der Waals surface area contributed by atoms with Gasteiger partial charge in [-0.2, -0.15) is 0 Å². The Bertz CT molecular complexity index is 1360. The second-order valence-corrected chi connectivity index (χ2v) is 9.45. The molecule has 1 heterocycles. The number of rotatable bonds is 8. The van der Waals surface area contributed by atoms with E-state index in [0.717, 1.165) is 40.8 Å². The van der Waals surface area contributed by atoms with Crippen molar-refractivity contribution in [3.63, 3.8) is 0 Å². The summed E-state index contributed by atoms with van der Waals surface area (Å²) in [6.45, 7) is 4.39. The molecule has 1 saturated carbocycles. The van der Waals surface area contributed by atoms with Crippen molar-refractivity contribution < 1.29 is 23.9 Å². The number of ether oxygens (including phenoxy) is 2. The van der Waals surface area contributed by atoms with E-state index in [0.29, 0.717) is 30.2 Å². The summed E-state index contributed by atoms with van der Waals surface area (Å²) < 4.78 is 10.9. The highest BCUT2D eigenvalue weighted by Gasteiger charge is 2.51. The standard InChI is InChI=1S/C29H29N3O5/c1-18-3-9-23(32-28(35)29(11-12-29)22-8-10-25-26(15-22)37-17-36-25)16-24(18)20-4-6-21(7-5-20)27(34)31-14-13-30-19(2)33/h3-10,15-16H,11-14,17H2,1-2H3,(H,30,33)(H,31,34)(H,32,35). The van der Waals surface area contributed by atoms with Crippen LogP contribution in [-0.4, -0.2) is 37.6 Å². The number of benzene rings is 3. The van der Waals surface area contributed by atoms with Gasteiger partial charge in [0.2, 0.25) is 18.6 Å². The highest BCUT2D eigenvalue weighted by atomic mass is 16.7. The minimum atomic E-state index is -0.555. The summed E-state index contributed by atoms with van der Waals surface area (Å²) >= 11 is 0. The lowest BCUT2D eigenvalue weighted by Crippen LogP contribution is -2.33. The van der Waals surface area contributed by atoms with Crippen molar-refractivity contribution in [2.75, 3.05) is 25.2 Å². The second-order valence-electron chi connectivity index (χ2n) is 9.45. The fourth-order valence-electron chi connectivity index (χ4n) is 4.55. The third-order valence-electron chi connectivity index (χ3n) is 6.85. The van der Waals surface area contributed by atoms with Gasteiger partial charge in [-0.1, -0.05) is 24.3 Å². The largest absolute Gasteiger partial charge is 0.454 e. The first-order chi connectivity index (χ1) is 17.9. The summed E-state index contributed by atoms with van der Waals surface area (Å²) in [7, 11) is 0. The maximum atomic E-state index is 13.3. The molecule has 2 aliphatic rings. The van der Waals surface area contributed by atoms with E-state index in [-0.39, 0.29) is 24.5 Å². The van der Waals surface area contributed by atoms with Gasteiger partial charge in [-0.05, 0) is 78.4 Å². The zero-order valence-electron chi connectivity index (χ0n) is 20.9. The highest BCUT2D eigenvalue weighted by Crippen LogP contribution is 2.51. The van der Waals surface area contributed by atoms with Crippen LogP contribution in [0, 0.1) is 6.92 Å². The summed E-state index contributed by atoms with van der Waals surface area (Å²) in [6.07, 6.45) is 1.57. The quantitative estimate of drug-likeness (QED) is 0.408. The summed E-state index contributed by atoms with van der Waals surface area (Å²) in [6, 6.07) is 18.9. The number of hydrogen-bond donors (Lipinski definition) is 3. The Hall–Kier alpha value is -4.33. The third-order valence-corrected chi connectivity index (χ3v) is 6.85. The van der Waals surface area contributed by atoms with Gasteiger partial charge in [0.15, 0.2) is 11.5 Å². The highest BCUT2D eigenvalue weighted by molar-refractivity contribution is 6.02. The van der Waals surface area contributed by atoms with Crippen LogP contribution >= 0.6 is 0 Å². The Morgan fingerprint density at radius 3 is 2.32 bits per heavy atom. The number of carbonyl (C=O) groups is 3. The molecule has 1 aliphatic carbocycles. The number of carbonyl (C=O) groups excluding carboxylic acids is 3. The van der Waals surface area contributed by atoms with Gasteiger partial charge in [0, 0.05) is 31.3 Å². The van der Waals surface area contributed by atoms with Gasteiger partial charge in [0.05, 0.1) is 5.41 Å². The molecule has 3 amide bonds. The van der Waals surface area contributed by atoms with E-state index in [9.17, 15) is 14.4 Å². The van der Waals surface area contributed by atoms with E-state index < -0.39 is 5.41 Å². The first-order valence-corrected chi connectivity index (χ1v) is 12.3. The minimum Gasteiger partial charge on any atom is -0.454 e. The molecular formula is C29H29N3O5. The lowest BCUT2D eigenvalue weighted by molar-refractivity contribution is -0.119. The monoisotopic (exact) mass is 499 g/mol. The Labute approximate surface area is 215 Å². The summed E-state index contributed by atoms with van der Waals surface area (Å²) in [5.74, 6) is 1.02. The molecule has 190 valence electrons. The molecule has 0 aromatic heterocycles. The smallest absolute Gasteiger partial charge is 0.251 e. The summed E-state index contributed by atoms with van der Waals surface area (Å²) in [5.41, 5.74) is 4.62. The SMILES string of the molecule is CC(=O)NCCNC(=O)c1ccc(-c2cc(NC(=O)C3(c4ccc5c(c4)OCO5)CC3)ccc2C)cc1. The molecule has 1 aliphatic heterocycles. The van der Waals surface area contributed by atoms with E-state index >= 15 is 0 Å². The fourth-order valence-corrected chi connectivity index (χ4v) is 4.55. The van der Waals surface area contributed by atoms with Crippen LogP contribution in [-0.2, 0) is 15.0 Å². The van der Waals surface area contributed by atoms with Crippen LogP contribution in [0.25, 0.3) is 11.1 Å². The first kappa shape index (κ1) is 24.4. The average molecular weight is 500 g/mol. The van der Waals surface area contributed by atoms with Crippen molar-refractivity contribution in [3.8, 4) is 22.6 Å². The number of nitrogens with one attached hydrogen (secondary N) is 3. The number of hydrogen-bond acceptors (Lipinski definition) is 5. The van der Waals surface area contributed by atoms with Crippen LogP contribution < -0.4 is 25.4 Å². The van der Waals surface area contributed by atoms with E-state index in [4.69, 9.17) is 9.47 Å². The molecule has 8 heteroatoms. The topological polar surface area (TPSA) is 106 Å². The molecule has 0 bridgehead atoms. The van der Waals surface area contributed by atoms with E-state index in [1.54, 1.807) is 12.1 Å². The molecule has 0 saturated heterocycles. The maximum absolute atomic E-state index is 13.3. The molecule has 3 aromatic rings. The van der Waals surface area contributed by atoms with Crippen molar-refractivity contribution in [1.82, 2.24) is 10.6 Å². The van der Waals surface area contributed by atoms with Crippen LogP contribution in [0.15, 0.2) is 60.7 Å². The Morgan fingerprint density at radius 1 is 0.865 bits per heavy atom. The van der Waals surface area contributed by atoms with E-state index in [1.807, 2.05) is 55.5 Å². The van der Waals surface area contributed by atoms with Gasteiger partial charge in [0.1, 0.15) is 0 Å². The van der Waals surface area contributed by atoms with Crippen molar-refractivity contribution in [1.29, 1.82) is 0 Å². The van der Waals surface area contributed by atoms with Crippen LogP contribution in [0.4, 0.5) is 5.69 Å². The van der Waals surface area contributed by atoms with Crippen molar-refractivity contribution >= 4 is 23.4 Å². The van der Waals surface area contributed by atoms with Crippen LogP contribution in [0.1, 0.15) is 41.3 Å². The second kappa shape index (κ2) is 9.97. The lowest BCUT2D eigenvalue weighted by Gasteiger charge is -2.17. The third kappa shape index (κ3) is 5.14. The van der Waals surface area contributed by atoms with E-state index in [2.05, 4.69) is 16.0 Å². The molecule has 5 rings (SSSR count). The van der Waals surface area contributed by atoms with Gasteiger partial charge >= 0.3 is 0 Å². The van der Waals surface area contributed by atoms with Crippen LogP contribution in [0.5, 0.6) is 11.5 Å². The summed E-state index contributed by atoms with van der Waals surface area (Å²) in [5, 5.41) is 8.54. The molecule has 1 fully saturated rings. The van der Waals surface area contributed by atoms with Crippen molar-refractivity contribution in [3.05, 3.63) is 77.4 Å². The Balaban J connectivity index is 1.27. The fraction of sp³-hybridized carbons (Fsp3) is 0.276. The molecule has 3 aromatic carbocycles. The molecule has 0 radical (unpaired) electrons. The van der Waals surface area contributed by atoms with E-state index in [1.165, 1.54) is 6.92 Å². The van der Waals surface area contributed by atoms with Gasteiger partial charge in [-0.3, -0.25) is 14.4 Å². The molecule has 8 nitrogen and oxygen atoms in total. The number of amides is 3. The van der Waals surface area contributed by atoms with Gasteiger partial charge in [-0.15, -0.1) is 0 Å².